The standard InChI is InChI=1S/C5H6NO2S/c1-8-5(7)4-2-6-9-3-4/h2-3,5H,1H3. The maximum Gasteiger partial charge on any atom is 0.219 e. The van der Waals surface area contributed by atoms with Gasteiger partial charge in [0.2, 0.25) is 6.29 Å². The van der Waals surface area contributed by atoms with E-state index in [0.717, 1.165) is 0 Å². The maximum atomic E-state index is 10.7. The van der Waals surface area contributed by atoms with Crippen LogP contribution < -0.4 is 0 Å². The van der Waals surface area contributed by atoms with Gasteiger partial charge in [0.15, 0.2) is 0 Å². The van der Waals surface area contributed by atoms with Crippen LogP contribution in [0.3, 0.4) is 0 Å². The number of aromatic nitrogens is 1. The summed E-state index contributed by atoms with van der Waals surface area (Å²) >= 11 is 1.25. The molecular weight excluding hydrogens is 138 g/mol. The second-order valence-electron chi connectivity index (χ2n) is 1.53. The third kappa shape index (κ3) is 1.48. The number of nitrogens with zero attached hydrogens (tertiary/aromatic N) is 1. The minimum Gasteiger partial charge on any atom is -0.349 e. The molecule has 49 valence electrons. The second kappa shape index (κ2) is 2.91. The van der Waals surface area contributed by atoms with E-state index in [1.807, 2.05) is 0 Å². The normalized spacial score (nSPS) is 13.6. The molecule has 0 saturated heterocycles. The first-order valence-corrected chi connectivity index (χ1v) is 3.26. The lowest BCUT2D eigenvalue weighted by atomic mass is 10.4. The van der Waals surface area contributed by atoms with E-state index in [9.17, 15) is 5.11 Å². The quantitative estimate of drug-likeness (QED) is 0.585. The molecule has 1 radical (unpaired) electrons. The van der Waals surface area contributed by atoms with Crippen molar-refractivity contribution >= 4 is 11.5 Å². The average Bonchev–Trinajstić information content (AvgIpc) is 2.37. The van der Waals surface area contributed by atoms with E-state index in [2.05, 4.69) is 9.11 Å². The zero-order chi connectivity index (χ0) is 6.69. The first-order chi connectivity index (χ1) is 4.34. The summed E-state index contributed by atoms with van der Waals surface area (Å²) in [6, 6.07) is 0. The van der Waals surface area contributed by atoms with Crippen molar-refractivity contribution in [1.82, 2.24) is 4.37 Å². The van der Waals surface area contributed by atoms with E-state index in [4.69, 9.17) is 0 Å². The predicted octanol–water partition coefficient (Wildman–Crippen LogP) is 1.22. The van der Waals surface area contributed by atoms with E-state index >= 15 is 0 Å². The summed E-state index contributed by atoms with van der Waals surface area (Å²) in [5, 5.41) is 12.4. The van der Waals surface area contributed by atoms with Crippen LogP contribution in [0.25, 0.3) is 0 Å². The van der Waals surface area contributed by atoms with E-state index in [0.29, 0.717) is 5.56 Å². The van der Waals surface area contributed by atoms with E-state index in [1.54, 1.807) is 5.38 Å². The van der Waals surface area contributed by atoms with E-state index in [-0.39, 0.29) is 0 Å². The van der Waals surface area contributed by atoms with Gasteiger partial charge in [-0.15, -0.1) is 0 Å². The van der Waals surface area contributed by atoms with Crippen LogP contribution >= 0.6 is 11.5 Å². The average molecular weight is 144 g/mol. The Hall–Kier alpha value is -0.450. The summed E-state index contributed by atoms with van der Waals surface area (Å²) < 4.78 is 8.26. The van der Waals surface area contributed by atoms with Crippen LogP contribution in [0.1, 0.15) is 11.9 Å². The molecule has 0 N–H and O–H groups in total. The molecule has 0 spiro atoms. The van der Waals surface area contributed by atoms with Gasteiger partial charge < -0.3 is 4.74 Å². The highest BCUT2D eigenvalue weighted by atomic mass is 32.1. The van der Waals surface area contributed by atoms with Gasteiger partial charge in [-0.1, -0.05) is 0 Å². The zero-order valence-corrected chi connectivity index (χ0v) is 5.72. The molecule has 0 aliphatic heterocycles. The minimum absolute atomic E-state index is 0.600. The Morgan fingerprint density at radius 2 is 2.67 bits per heavy atom. The van der Waals surface area contributed by atoms with Crippen molar-refractivity contribution in [3.05, 3.63) is 17.1 Å². The summed E-state index contributed by atoms with van der Waals surface area (Å²) in [5.74, 6) is 0. The van der Waals surface area contributed by atoms with Gasteiger partial charge in [0, 0.05) is 24.3 Å². The summed E-state index contributed by atoms with van der Waals surface area (Å²) in [4.78, 5) is 0. The Morgan fingerprint density at radius 1 is 1.89 bits per heavy atom. The van der Waals surface area contributed by atoms with Gasteiger partial charge in [-0.2, -0.15) is 5.11 Å². The van der Waals surface area contributed by atoms with Crippen molar-refractivity contribution in [2.45, 2.75) is 6.29 Å². The number of hydrogen-bond acceptors (Lipinski definition) is 3. The van der Waals surface area contributed by atoms with Gasteiger partial charge in [-0.25, -0.2) is 4.37 Å². The summed E-state index contributed by atoms with van der Waals surface area (Å²) in [6.45, 7) is 0. The van der Waals surface area contributed by atoms with Crippen molar-refractivity contribution in [3.63, 3.8) is 0 Å². The Labute approximate surface area is 57.1 Å². The Morgan fingerprint density at radius 3 is 3.11 bits per heavy atom. The van der Waals surface area contributed by atoms with Crippen molar-refractivity contribution in [2.24, 2.45) is 0 Å². The number of ether oxygens (including phenoxy) is 1. The molecular formula is C5H6NO2S. The first kappa shape index (κ1) is 6.67. The molecule has 0 bridgehead atoms. The Kier molecular flexibility index (Phi) is 2.16. The van der Waals surface area contributed by atoms with Crippen LogP contribution in [0.5, 0.6) is 0 Å². The third-order valence-electron chi connectivity index (χ3n) is 0.938. The third-order valence-corrected chi connectivity index (χ3v) is 1.54. The molecule has 0 saturated carbocycles. The van der Waals surface area contributed by atoms with Gasteiger partial charge in [-0.3, -0.25) is 0 Å². The lowest BCUT2D eigenvalue weighted by molar-refractivity contribution is -0.123. The van der Waals surface area contributed by atoms with E-state index < -0.39 is 6.29 Å². The van der Waals surface area contributed by atoms with Gasteiger partial charge in [-0.05, 0) is 11.5 Å². The van der Waals surface area contributed by atoms with Gasteiger partial charge in [0.25, 0.3) is 0 Å². The number of methoxy groups -OCH3 is 1. The Balaban J connectivity index is 2.65. The van der Waals surface area contributed by atoms with Crippen LogP contribution in [-0.4, -0.2) is 11.5 Å². The van der Waals surface area contributed by atoms with Crippen LogP contribution in [0.4, 0.5) is 0 Å². The fourth-order valence-corrected chi connectivity index (χ4v) is 1.00. The smallest absolute Gasteiger partial charge is 0.219 e. The molecule has 1 aromatic heterocycles. The topological polar surface area (TPSA) is 42.0 Å². The maximum absolute atomic E-state index is 10.7. The lowest BCUT2D eigenvalue weighted by Crippen LogP contribution is -1.94. The predicted molar refractivity (Wildman–Crippen MR) is 32.6 cm³/mol. The molecule has 0 aliphatic rings. The van der Waals surface area contributed by atoms with Crippen LogP contribution in [0, 0.1) is 0 Å². The first-order valence-electron chi connectivity index (χ1n) is 2.42. The van der Waals surface area contributed by atoms with Crippen molar-refractivity contribution < 1.29 is 9.84 Å². The summed E-state index contributed by atoms with van der Waals surface area (Å²) in [6.07, 6.45) is 0.454. The second-order valence-corrected chi connectivity index (χ2v) is 2.18. The molecule has 4 heteroatoms. The molecule has 9 heavy (non-hydrogen) atoms. The summed E-state index contributed by atoms with van der Waals surface area (Å²) in [7, 11) is 1.38. The SMILES string of the molecule is COC([O])c1cnsc1. The highest BCUT2D eigenvalue weighted by molar-refractivity contribution is 7.03. The molecule has 1 heterocycles. The monoisotopic (exact) mass is 144 g/mol. The van der Waals surface area contributed by atoms with Crippen LogP contribution in [-0.2, 0) is 9.84 Å². The highest BCUT2D eigenvalue weighted by Crippen LogP contribution is 2.13. The summed E-state index contributed by atoms with van der Waals surface area (Å²) in [5.41, 5.74) is 0.600. The van der Waals surface area contributed by atoms with Crippen LogP contribution in [0.15, 0.2) is 11.6 Å². The molecule has 0 amide bonds. The van der Waals surface area contributed by atoms with E-state index in [1.165, 1.54) is 24.8 Å². The van der Waals surface area contributed by atoms with Gasteiger partial charge in [0.05, 0.1) is 0 Å². The molecule has 1 aromatic rings. The molecule has 0 aliphatic carbocycles. The van der Waals surface area contributed by atoms with Gasteiger partial charge in [0.1, 0.15) is 0 Å². The Bertz CT molecular complexity index is 163. The molecule has 1 atom stereocenters. The van der Waals surface area contributed by atoms with Gasteiger partial charge >= 0.3 is 0 Å². The molecule has 3 nitrogen and oxygen atoms in total. The fourth-order valence-electron chi connectivity index (χ4n) is 0.465. The molecule has 1 unspecified atom stereocenters. The fraction of sp³-hybridized carbons (Fsp3) is 0.400. The van der Waals surface area contributed by atoms with Crippen molar-refractivity contribution in [1.29, 1.82) is 0 Å². The molecule has 0 fully saturated rings. The molecule has 0 aromatic carbocycles. The minimum atomic E-state index is -1.07. The highest BCUT2D eigenvalue weighted by Gasteiger charge is 2.06. The van der Waals surface area contributed by atoms with Crippen molar-refractivity contribution in [3.8, 4) is 0 Å². The number of rotatable bonds is 2. The van der Waals surface area contributed by atoms with Crippen molar-refractivity contribution in [2.75, 3.05) is 7.11 Å². The van der Waals surface area contributed by atoms with Crippen LogP contribution in [0.2, 0.25) is 0 Å². The lowest BCUT2D eigenvalue weighted by Gasteiger charge is -1.99. The largest absolute Gasteiger partial charge is 0.349 e. The molecule has 1 rings (SSSR count). The zero-order valence-electron chi connectivity index (χ0n) is 4.90. The number of hydrogen-bond donors (Lipinski definition) is 0.